The first-order valence-electron chi connectivity index (χ1n) is 10.6. The standard InChI is InChI=1S/C21H25FN6OS/c22-15-3-4-28(13-15)20(29)18-10-16(12-24-18)26-5-7-27(8-6-26)21-25-17-2-1-14(11-23)9-19(17)30-21/h1-2,9,15-16,18,24H,3-8,10,12-13H2/t15?,16-,18-/m0/s1. The van der Waals surface area contributed by atoms with Gasteiger partial charge in [0.15, 0.2) is 5.13 Å². The fraction of sp³-hybridized carbons (Fsp3) is 0.571. The third kappa shape index (κ3) is 3.75. The monoisotopic (exact) mass is 428 g/mol. The maximum atomic E-state index is 13.4. The molecule has 3 atom stereocenters. The Morgan fingerprint density at radius 2 is 2.10 bits per heavy atom. The number of alkyl halides is 1. The van der Waals surface area contributed by atoms with E-state index >= 15 is 0 Å². The van der Waals surface area contributed by atoms with E-state index in [4.69, 9.17) is 10.2 Å². The molecule has 3 aliphatic rings. The van der Waals surface area contributed by atoms with E-state index in [9.17, 15) is 9.18 Å². The van der Waals surface area contributed by atoms with Crippen LogP contribution in [0.15, 0.2) is 18.2 Å². The highest BCUT2D eigenvalue weighted by molar-refractivity contribution is 7.22. The molecule has 0 radical (unpaired) electrons. The minimum Gasteiger partial charge on any atom is -0.345 e. The summed E-state index contributed by atoms with van der Waals surface area (Å²) in [5.74, 6) is 0.0579. The molecule has 5 rings (SSSR count). The molecule has 3 fully saturated rings. The number of benzene rings is 1. The normalized spacial score (nSPS) is 27.7. The second-order valence-electron chi connectivity index (χ2n) is 8.33. The van der Waals surface area contributed by atoms with Gasteiger partial charge in [-0.05, 0) is 31.0 Å². The molecule has 158 valence electrons. The molecule has 0 aliphatic carbocycles. The lowest BCUT2D eigenvalue weighted by molar-refractivity contribution is -0.132. The Hall–Kier alpha value is -2.28. The van der Waals surface area contributed by atoms with E-state index in [2.05, 4.69) is 21.2 Å². The Labute approximate surface area is 179 Å². The highest BCUT2D eigenvalue weighted by Gasteiger charge is 2.38. The van der Waals surface area contributed by atoms with Crippen molar-refractivity contribution >= 4 is 32.6 Å². The third-order valence-corrected chi connectivity index (χ3v) is 7.53. The van der Waals surface area contributed by atoms with E-state index in [1.165, 1.54) is 0 Å². The van der Waals surface area contributed by atoms with Crippen molar-refractivity contribution in [2.24, 2.45) is 0 Å². The summed E-state index contributed by atoms with van der Waals surface area (Å²) >= 11 is 1.64. The summed E-state index contributed by atoms with van der Waals surface area (Å²) in [5, 5.41) is 13.5. The lowest BCUT2D eigenvalue weighted by Crippen LogP contribution is -2.51. The van der Waals surface area contributed by atoms with E-state index in [1.54, 1.807) is 16.2 Å². The zero-order valence-corrected chi connectivity index (χ0v) is 17.6. The number of aromatic nitrogens is 1. The van der Waals surface area contributed by atoms with Gasteiger partial charge in [-0.1, -0.05) is 11.3 Å². The van der Waals surface area contributed by atoms with Gasteiger partial charge in [-0.3, -0.25) is 9.69 Å². The van der Waals surface area contributed by atoms with Crippen LogP contribution >= 0.6 is 11.3 Å². The van der Waals surface area contributed by atoms with Gasteiger partial charge in [0.1, 0.15) is 6.17 Å². The lowest BCUT2D eigenvalue weighted by Gasteiger charge is -2.37. The van der Waals surface area contributed by atoms with Crippen LogP contribution in [0.25, 0.3) is 10.2 Å². The lowest BCUT2D eigenvalue weighted by atomic mass is 10.1. The molecule has 1 unspecified atom stereocenters. The summed E-state index contributed by atoms with van der Waals surface area (Å²) in [6.07, 6.45) is 0.394. The van der Waals surface area contributed by atoms with Crippen LogP contribution in [-0.2, 0) is 4.79 Å². The number of rotatable bonds is 3. The van der Waals surface area contributed by atoms with Crippen LogP contribution in [0.5, 0.6) is 0 Å². The molecule has 3 aliphatic heterocycles. The summed E-state index contributed by atoms with van der Waals surface area (Å²) in [5.41, 5.74) is 1.60. The Balaban J connectivity index is 1.17. The number of hydrogen-bond acceptors (Lipinski definition) is 7. The zero-order chi connectivity index (χ0) is 20.7. The van der Waals surface area contributed by atoms with E-state index < -0.39 is 6.17 Å². The summed E-state index contributed by atoms with van der Waals surface area (Å²) in [4.78, 5) is 23.8. The van der Waals surface area contributed by atoms with Crippen molar-refractivity contribution in [1.82, 2.24) is 20.1 Å². The van der Waals surface area contributed by atoms with Gasteiger partial charge < -0.3 is 15.1 Å². The van der Waals surface area contributed by atoms with Crippen molar-refractivity contribution in [3.8, 4) is 6.07 Å². The largest absolute Gasteiger partial charge is 0.345 e. The number of likely N-dealkylation sites (tertiary alicyclic amines) is 1. The fourth-order valence-corrected chi connectivity index (χ4v) is 5.77. The van der Waals surface area contributed by atoms with Crippen LogP contribution in [0.1, 0.15) is 18.4 Å². The summed E-state index contributed by atoms with van der Waals surface area (Å²) < 4.78 is 14.5. The molecule has 9 heteroatoms. The molecule has 1 aromatic heterocycles. The van der Waals surface area contributed by atoms with E-state index in [1.807, 2.05) is 18.2 Å². The number of piperazine rings is 1. The molecular formula is C21H25FN6OS. The molecule has 1 aromatic carbocycles. The maximum absolute atomic E-state index is 13.4. The first kappa shape index (κ1) is 19.7. The summed E-state index contributed by atoms with van der Waals surface area (Å²) in [7, 11) is 0. The second-order valence-corrected chi connectivity index (χ2v) is 9.34. The van der Waals surface area contributed by atoms with Crippen LogP contribution in [-0.4, -0.2) is 84.8 Å². The van der Waals surface area contributed by atoms with Crippen LogP contribution < -0.4 is 10.2 Å². The SMILES string of the molecule is N#Cc1ccc2nc(N3CCN([C@@H]4CN[C@H](C(=O)N5CCC(F)C5)C4)CC3)sc2c1. The van der Waals surface area contributed by atoms with Gasteiger partial charge in [0.25, 0.3) is 0 Å². The van der Waals surface area contributed by atoms with Gasteiger partial charge >= 0.3 is 0 Å². The Morgan fingerprint density at radius 3 is 2.83 bits per heavy atom. The number of nitrogens with one attached hydrogen (secondary N) is 1. The van der Waals surface area contributed by atoms with Gasteiger partial charge in [0.05, 0.1) is 34.4 Å². The van der Waals surface area contributed by atoms with Crippen molar-refractivity contribution in [2.45, 2.75) is 31.1 Å². The fourth-order valence-electron chi connectivity index (χ4n) is 4.72. The Kier molecular flexibility index (Phi) is 5.31. The predicted octanol–water partition coefficient (Wildman–Crippen LogP) is 1.59. The molecule has 0 bridgehead atoms. The van der Waals surface area contributed by atoms with Crippen LogP contribution in [0.4, 0.5) is 9.52 Å². The number of carbonyl (C=O) groups excluding carboxylic acids is 1. The van der Waals surface area contributed by atoms with Gasteiger partial charge in [0, 0.05) is 45.3 Å². The molecule has 7 nitrogen and oxygen atoms in total. The smallest absolute Gasteiger partial charge is 0.239 e. The average Bonchev–Trinajstić information content (AvgIpc) is 3.52. The second kappa shape index (κ2) is 8.10. The molecule has 2 aromatic rings. The van der Waals surface area contributed by atoms with Gasteiger partial charge in [-0.2, -0.15) is 5.26 Å². The first-order chi connectivity index (χ1) is 14.6. The topological polar surface area (TPSA) is 75.5 Å². The van der Waals surface area contributed by atoms with Crippen LogP contribution in [0.3, 0.4) is 0 Å². The number of fused-ring (bicyclic) bond motifs is 1. The quantitative estimate of drug-likeness (QED) is 0.800. The predicted molar refractivity (Wildman–Crippen MR) is 114 cm³/mol. The highest BCUT2D eigenvalue weighted by atomic mass is 32.1. The van der Waals surface area contributed by atoms with E-state index in [0.29, 0.717) is 24.6 Å². The summed E-state index contributed by atoms with van der Waals surface area (Å²) in [6, 6.07) is 7.97. The molecule has 1 amide bonds. The molecule has 30 heavy (non-hydrogen) atoms. The number of carbonyl (C=O) groups is 1. The molecule has 4 heterocycles. The van der Waals surface area contributed by atoms with Crippen LogP contribution in [0, 0.1) is 11.3 Å². The summed E-state index contributed by atoms with van der Waals surface area (Å²) in [6.45, 7) is 5.26. The number of hydrogen-bond donors (Lipinski definition) is 1. The number of halogens is 1. The zero-order valence-electron chi connectivity index (χ0n) is 16.8. The number of nitriles is 1. The average molecular weight is 429 g/mol. The van der Waals surface area contributed by atoms with Gasteiger partial charge in [-0.15, -0.1) is 0 Å². The third-order valence-electron chi connectivity index (χ3n) is 6.46. The maximum Gasteiger partial charge on any atom is 0.239 e. The van der Waals surface area contributed by atoms with Gasteiger partial charge in [0.2, 0.25) is 5.91 Å². The van der Waals surface area contributed by atoms with Gasteiger partial charge in [-0.25, -0.2) is 9.37 Å². The van der Waals surface area contributed by atoms with Crippen molar-refractivity contribution in [1.29, 1.82) is 5.26 Å². The Morgan fingerprint density at radius 1 is 1.27 bits per heavy atom. The van der Waals surface area contributed by atoms with Crippen LogP contribution in [0.2, 0.25) is 0 Å². The molecule has 3 saturated heterocycles. The van der Waals surface area contributed by atoms with Crippen molar-refractivity contribution < 1.29 is 9.18 Å². The van der Waals surface area contributed by atoms with Crippen molar-refractivity contribution in [3.05, 3.63) is 23.8 Å². The minimum absolute atomic E-state index is 0.0579. The van der Waals surface area contributed by atoms with Crippen molar-refractivity contribution in [3.63, 3.8) is 0 Å². The molecule has 1 N–H and O–H groups in total. The van der Waals surface area contributed by atoms with E-state index in [-0.39, 0.29) is 18.5 Å². The molecular weight excluding hydrogens is 403 g/mol. The minimum atomic E-state index is -0.867. The van der Waals surface area contributed by atoms with Crippen molar-refractivity contribution in [2.75, 3.05) is 50.7 Å². The first-order valence-corrected chi connectivity index (χ1v) is 11.4. The number of anilines is 1. The number of thiazole rings is 1. The number of nitrogens with zero attached hydrogens (tertiary/aromatic N) is 5. The Bertz CT molecular complexity index is 982. The number of amides is 1. The van der Waals surface area contributed by atoms with E-state index in [0.717, 1.165) is 54.5 Å². The molecule has 0 saturated carbocycles. The molecule has 0 spiro atoms. The highest BCUT2D eigenvalue weighted by Crippen LogP contribution is 2.30.